The molecule has 2 fully saturated rings. The Bertz CT molecular complexity index is 177. The summed E-state index contributed by atoms with van der Waals surface area (Å²) in [5.41, 5.74) is 0. The fourth-order valence-corrected chi connectivity index (χ4v) is 2.47. The third-order valence-corrected chi connectivity index (χ3v) is 3.51. The summed E-state index contributed by atoms with van der Waals surface area (Å²) in [6.45, 7) is 0.858. The first-order valence-electron chi connectivity index (χ1n) is 5.63. The van der Waals surface area contributed by atoms with Crippen molar-refractivity contribution in [3.05, 3.63) is 0 Å². The SMILES string of the molecule is COC1C(O)CC1OCC1CCCC1. The van der Waals surface area contributed by atoms with Gasteiger partial charge in [0.25, 0.3) is 0 Å². The van der Waals surface area contributed by atoms with Crippen LogP contribution in [0.25, 0.3) is 0 Å². The van der Waals surface area contributed by atoms with Crippen LogP contribution in [0.1, 0.15) is 32.1 Å². The molecule has 82 valence electrons. The normalized spacial score (nSPS) is 38.6. The molecule has 3 unspecified atom stereocenters. The highest BCUT2D eigenvalue weighted by molar-refractivity contribution is 4.91. The highest BCUT2D eigenvalue weighted by Gasteiger charge is 2.41. The van der Waals surface area contributed by atoms with Gasteiger partial charge in [-0.15, -0.1) is 0 Å². The van der Waals surface area contributed by atoms with E-state index in [2.05, 4.69) is 0 Å². The molecule has 2 rings (SSSR count). The maximum absolute atomic E-state index is 9.37. The van der Waals surface area contributed by atoms with Crippen molar-refractivity contribution in [2.75, 3.05) is 13.7 Å². The molecule has 3 heteroatoms. The Morgan fingerprint density at radius 1 is 1.29 bits per heavy atom. The van der Waals surface area contributed by atoms with E-state index in [1.807, 2.05) is 0 Å². The minimum absolute atomic E-state index is 0.0867. The fourth-order valence-electron chi connectivity index (χ4n) is 2.47. The highest BCUT2D eigenvalue weighted by Crippen LogP contribution is 2.30. The molecule has 3 nitrogen and oxygen atoms in total. The molecule has 0 aliphatic heterocycles. The van der Waals surface area contributed by atoms with Gasteiger partial charge in [0.05, 0.1) is 12.2 Å². The first kappa shape index (κ1) is 10.4. The molecule has 3 atom stereocenters. The molecule has 2 aliphatic rings. The van der Waals surface area contributed by atoms with Gasteiger partial charge in [-0.05, 0) is 18.8 Å². The zero-order chi connectivity index (χ0) is 9.97. The maximum atomic E-state index is 9.37. The maximum Gasteiger partial charge on any atom is 0.109 e. The molecule has 0 heterocycles. The Hall–Kier alpha value is -0.120. The van der Waals surface area contributed by atoms with Crippen LogP contribution >= 0.6 is 0 Å². The standard InChI is InChI=1S/C11H20O3/c1-13-11-9(12)6-10(11)14-7-8-4-2-3-5-8/h8-12H,2-7H2,1H3. The van der Waals surface area contributed by atoms with Crippen LogP contribution in [0, 0.1) is 5.92 Å². The van der Waals surface area contributed by atoms with Crippen LogP contribution in [0.4, 0.5) is 0 Å². The Labute approximate surface area is 85.4 Å². The largest absolute Gasteiger partial charge is 0.390 e. The summed E-state index contributed by atoms with van der Waals surface area (Å²) < 4.78 is 10.9. The van der Waals surface area contributed by atoms with Crippen molar-refractivity contribution >= 4 is 0 Å². The molecular weight excluding hydrogens is 180 g/mol. The second-order valence-electron chi connectivity index (χ2n) is 4.53. The molecule has 1 N–H and O–H groups in total. The fraction of sp³-hybridized carbons (Fsp3) is 1.00. The number of ether oxygens (including phenoxy) is 2. The van der Waals surface area contributed by atoms with Crippen molar-refractivity contribution in [3.8, 4) is 0 Å². The van der Waals surface area contributed by atoms with E-state index >= 15 is 0 Å². The van der Waals surface area contributed by atoms with Gasteiger partial charge in [-0.1, -0.05) is 12.8 Å². The lowest BCUT2D eigenvalue weighted by Crippen LogP contribution is -2.53. The van der Waals surface area contributed by atoms with Crippen LogP contribution in [0.5, 0.6) is 0 Å². The quantitative estimate of drug-likeness (QED) is 0.744. The van der Waals surface area contributed by atoms with Crippen molar-refractivity contribution < 1.29 is 14.6 Å². The van der Waals surface area contributed by atoms with Crippen LogP contribution < -0.4 is 0 Å². The minimum atomic E-state index is -0.312. The number of aliphatic hydroxyl groups is 1. The summed E-state index contributed by atoms with van der Waals surface area (Å²) in [6, 6.07) is 0. The number of methoxy groups -OCH3 is 1. The number of rotatable bonds is 4. The summed E-state index contributed by atoms with van der Waals surface area (Å²) in [5, 5.41) is 9.37. The van der Waals surface area contributed by atoms with E-state index in [0.717, 1.165) is 18.9 Å². The summed E-state index contributed by atoms with van der Waals surface area (Å²) in [6.07, 6.45) is 5.82. The Kier molecular flexibility index (Phi) is 3.42. The van der Waals surface area contributed by atoms with Gasteiger partial charge in [0.2, 0.25) is 0 Å². The number of aliphatic hydroxyl groups excluding tert-OH is 1. The monoisotopic (exact) mass is 200 g/mol. The van der Waals surface area contributed by atoms with E-state index < -0.39 is 0 Å². The first-order valence-corrected chi connectivity index (χ1v) is 5.63. The predicted molar refractivity (Wildman–Crippen MR) is 53.1 cm³/mol. The predicted octanol–water partition coefficient (Wildman–Crippen LogP) is 1.34. The molecule has 0 spiro atoms. The number of hydrogen-bond donors (Lipinski definition) is 1. The van der Waals surface area contributed by atoms with Gasteiger partial charge in [-0.3, -0.25) is 0 Å². The Balaban J connectivity index is 1.65. The Morgan fingerprint density at radius 3 is 2.57 bits per heavy atom. The van der Waals surface area contributed by atoms with Crippen molar-refractivity contribution in [2.45, 2.75) is 50.4 Å². The van der Waals surface area contributed by atoms with Crippen LogP contribution in [0.2, 0.25) is 0 Å². The summed E-state index contributed by atoms with van der Waals surface area (Å²) in [7, 11) is 1.64. The molecule has 0 radical (unpaired) electrons. The van der Waals surface area contributed by atoms with E-state index in [-0.39, 0.29) is 18.3 Å². The molecule has 0 bridgehead atoms. The van der Waals surface area contributed by atoms with E-state index in [1.165, 1.54) is 25.7 Å². The molecule has 0 amide bonds. The second kappa shape index (κ2) is 4.60. The van der Waals surface area contributed by atoms with Gasteiger partial charge >= 0.3 is 0 Å². The molecule has 2 aliphatic carbocycles. The lowest BCUT2D eigenvalue weighted by atomic mass is 9.88. The zero-order valence-electron chi connectivity index (χ0n) is 8.82. The lowest BCUT2D eigenvalue weighted by Gasteiger charge is -2.40. The van der Waals surface area contributed by atoms with Gasteiger partial charge < -0.3 is 14.6 Å². The molecule has 0 aromatic carbocycles. The molecule has 0 saturated heterocycles. The summed E-state index contributed by atoms with van der Waals surface area (Å²) in [5.74, 6) is 0.755. The Morgan fingerprint density at radius 2 is 2.00 bits per heavy atom. The van der Waals surface area contributed by atoms with E-state index in [4.69, 9.17) is 9.47 Å². The van der Waals surface area contributed by atoms with Crippen LogP contribution in [0.15, 0.2) is 0 Å². The third kappa shape index (κ3) is 2.10. The van der Waals surface area contributed by atoms with Gasteiger partial charge in [0.1, 0.15) is 6.10 Å². The molecule has 2 saturated carbocycles. The van der Waals surface area contributed by atoms with Crippen molar-refractivity contribution in [3.63, 3.8) is 0 Å². The first-order chi connectivity index (χ1) is 6.81. The second-order valence-corrected chi connectivity index (χ2v) is 4.53. The molecular formula is C11H20O3. The van der Waals surface area contributed by atoms with Gasteiger partial charge in [-0.2, -0.15) is 0 Å². The van der Waals surface area contributed by atoms with E-state index in [9.17, 15) is 5.11 Å². The average Bonchev–Trinajstić information content (AvgIpc) is 2.65. The molecule has 14 heavy (non-hydrogen) atoms. The smallest absolute Gasteiger partial charge is 0.109 e. The summed E-state index contributed by atoms with van der Waals surface area (Å²) >= 11 is 0. The van der Waals surface area contributed by atoms with Gasteiger partial charge in [0.15, 0.2) is 0 Å². The van der Waals surface area contributed by atoms with Crippen LogP contribution in [0.3, 0.4) is 0 Å². The average molecular weight is 200 g/mol. The third-order valence-electron chi connectivity index (χ3n) is 3.51. The zero-order valence-corrected chi connectivity index (χ0v) is 8.82. The van der Waals surface area contributed by atoms with E-state index in [0.29, 0.717) is 0 Å². The summed E-state index contributed by atoms with van der Waals surface area (Å²) in [4.78, 5) is 0. The lowest BCUT2D eigenvalue weighted by molar-refractivity contribution is -0.185. The minimum Gasteiger partial charge on any atom is -0.390 e. The van der Waals surface area contributed by atoms with Gasteiger partial charge in [0, 0.05) is 20.1 Å². The highest BCUT2D eigenvalue weighted by atomic mass is 16.5. The van der Waals surface area contributed by atoms with Crippen LogP contribution in [-0.2, 0) is 9.47 Å². The molecule has 0 aromatic rings. The van der Waals surface area contributed by atoms with E-state index in [1.54, 1.807) is 7.11 Å². The topological polar surface area (TPSA) is 38.7 Å². The van der Waals surface area contributed by atoms with Crippen molar-refractivity contribution in [1.29, 1.82) is 0 Å². The number of hydrogen-bond acceptors (Lipinski definition) is 3. The van der Waals surface area contributed by atoms with Crippen molar-refractivity contribution in [1.82, 2.24) is 0 Å². The van der Waals surface area contributed by atoms with Crippen LogP contribution in [-0.4, -0.2) is 37.1 Å². The van der Waals surface area contributed by atoms with Crippen molar-refractivity contribution in [2.24, 2.45) is 5.92 Å². The molecule has 0 aromatic heterocycles. The van der Waals surface area contributed by atoms with Gasteiger partial charge in [-0.25, -0.2) is 0 Å².